The van der Waals surface area contributed by atoms with E-state index in [9.17, 15) is 0 Å². The first-order valence-electron chi connectivity index (χ1n) is 4.18. The molecular formula is C9H12N4. The zero-order chi connectivity index (χ0) is 9.31. The molecule has 0 aliphatic rings. The van der Waals surface area contributed by atoms with Crippen LogP contribution in [0.3, 0.4) is 0 Å². The largest absolute Gasteiger partial charge is 0.314 e. The van der Waals surface area contributed by atoms with Gasteiger partial charge >= 0.3 is 0 Å². The predicted octanol–water partition coefficient (Wildman–Crippen LogP) is 1.32. The minimum absolute atomic E-state index is 0.146. The van der Waals surface area contributed by atoms with Crippen molar-refractivity contribution in [3.8, 4) is 0 Å². The van der Waals surface area contributed by atoms with E-state index in [1.54, 1.807) is 25.0 Å². The first-order chi connectivity index (χ1) is 6.21. The molecule has 0 radical (unpaired) electrons. The second-order valence-electron chi connectivity index (χ2n) is 3.43. The molecule has 4 nitrogen and oxygen atoms in total. The number of aromatic nitrogens is 4. The number of hydrogen-bond donors (Lipinski definition) is 0. The van der Waals surface area contributed by atoms with Gasteiger partial charge in [-0.15, -0.1) is 0 Å². The second kappa shape index (κ2) is 2.73. The Labute approximate surface area is 76.9 Å². The molecule has 0 fully saturated rings. The molecule has 0 aliphatic heterocycles. The van der Waals surface area contributed by atoms with Crippen LogP contribution < -0.4 is 0 Å². The molecule has 0 saturated carbocycles. The van der Waals surface area contributed by atoms with Crippen LogP contribution in [0.2, 0.25) is 0 Å². The molecule has 13 heavy (non-hydrogen) atoms. The molecule has 0 bridgehead atoms. The molecule has 68 valence electrons. The zero-order valence-electron chi connectivity index (χ0n) is 7.75. The van der Waals surface area contributed by atoms with Crippen molar-refractivity contribution in [1.29, 1.82) is 0 Å². The van der Waals surface area contributed by atoms with Gasteiger partial charge in [-0.25, -0.2) is 9.97 Å². The minimum atomic E-state index is -0.146. The first kappa shape index (κ1) is 8.04. The summed E-state index contributed by atoms with van der Waals surface area (Å²) in [5.74, 6) is 0. The molecule has 0 aromatic carbocycles. The number of hydrogen-bond acceptors (Lipinski definition) is 2. The summed E-state index contributed by atoms with van der Waals surface area (Å²) in [6, 6.07) is 0. The maximum Gasteiger partial charge on any atom is 0.117 e. The van der Waals surface area contributed by atoms with E-state index in [2.05, 4.69) is 23.8 Å². The molecule has 0 unspecified atom stereocenters. The first-order valence-corrected chi connectivity index (χ1v) is 4.18. The molecule has 0 spiro atoms. The third kappa shape index (κ3) is 1.24. The maximum absolute atomic E-state index is 4.03. The van der Waals surface area contributed by atoms with Gasteiger partial charge in [-0.2, -0.15) is 0 Å². The van der Waals surface area contributed by atoms with Crippen LogP contribution in [0.15, 0.2) is 37.4 Å². The Morgan fingerprint density at radius 3 is 1.69 bits per heavy atom. The van der Waals surface area contributed by atoms with Crippen LogP contribution in [-0.4, -0.2) is 19.1 Å². The number of imidazole rings is 2. The summed E-state index contributed by atoms with van der Waals surface area (Å²) in [5, 5.41) is 0. The van der Waals surface area contributed by atoms with E-state index in [0.29, 0.717) is 0 Å². The van der Waals surface area contributed by atoms with Gasteiger partial charge in [0.05, 0.1) is 12.7 Å². The van der Waals surface area contributed by atoms with E-state index in [1.165, 1.54) is 0 Å². The van der Waals surface area contributed by atoms with Gasteiger partial charge in [-0.3, -0.25) is 0 Å². The SMILES string of the molecule is CC(C)(n1ccnc1)n1ccnc1. The quantitative estimate of drug-likeness (QED) is 0.691. The highest BCUT2D eigenvalue weighted by molar-refractivity contribution is 4.91. The third-order valence-corrected chi connectivity index (χ3v) is 2.27. The lowest BCUT2D eigenvalue weighted by Gasteiger charge is -2.27. The van der Waals surface area contributed by atoms with Crippen LogP contribution in [0.5, 0.6) is 0 Å². The van der Waals surface area contributed by atoms with E-state index in [-0.39, 0.29) is 5.66 Å². The highest BCUT2D eigenvalue weighted by Crippen LogP contribution is 2.16. The van der Waals surface area contributed by atoms with E-state index in [1.807, 2.05) is 21.5 Å². The molecule has 2 heterocycles. The summed E-state index contributed by atoms with van der Waals surface area (Å²) in [7, 11) is 0. The predicted molar refractivity (Wildman–Crippen MR) is 49.2 cm³/mol. The normalized spacial score (nSPS) is 11.8. The molecule has 2 rings (SSSR count). The zero-order valence-corrected chi connectivity index (χ0v) is 7.75. The summed E-state index contributed by atoms with van der Waals surface area (Å²) in [4.78, 5) is 8.06. The lowest BCUT2D eigenvalue weighted by Crippen LogP contribution is -2.32. The molecular weight excluding hydrogens is 164 g/mol. The molecule has 0 saturated heterocycles. The van der Waals surface area contributed by atoms with Crippen LogP contribution in [0, 0.1) is 0 Å². The van der Waals surface area contributed by atoms with Crippen molar-refractivity contribution in [2.45, 2.75) is 19.5 Å². The fourth-order valence-electron chi connectivity index (χ4n) is 1.30. The molecule has 0 aliphatic carbocycles. The van der Waals surface area contributed by atoms with Gasteiger partial charge in [-0.1, -0.05) is 0 Å². The molecule has 2 aromatic heterocycles. The van der Waals surface area contributed by atoms with Crippen LogP contribution in [0.25, 0.3) is 0 Å². The van der Waals surface area contributed by atoms with Gasteiger partial charge in [0.25, 0.3) is 0 Å². The highest BCUT2D eigenvalue weighted by Gasteiger charge is 2.20. The molecule has 2 aromatic rings. The van der Waals surface area contributed by atoms with E-state index < -0.39 is 0 Å². The van der Waals surface area contributed by atoms with E-state index >= 15 is 0 Å². The Kier molecular flexibility index (Phi) is 1.69. The van der Waals surface area contributed by atoms with Gasteiger partial charge in [0.15, 0.2) is 0 Å². The van der Waals surface area contributed by atoms with E-state index in [0.717, 1.165) is 0 Å². The Balaban J connectivity index is 2.42. The lowest BCUT2D eigenvalue weighted by molar-refractivity contribution is 0.290. The highest BCUT2D eigenvalue weighted by atomic mass is 15.3. The maximum atomic E-state index is 4.03. The smallest absolute Gasteiger partial charge is 0.117 e. The van der Waals surface area contributed by atoms with Crippen LogP contribution in [0.4, 0.5) is 0 Å². The molecule has 0 amide bonds. The topological polar surface area (TPSA) is 35.6 Å². The Bertz CT molecular complexity index is 322. The Morgan fingerprint density at radius 2 is 1.38 bits per heavy atom. The van der Waals surface area contributed by atoms with Crippen LogP contribution in [0.1, 0.15) is 13.8 Å². The monoisotopic (exact) mass is 176 g/mol. The van der Waals surface area contributed by atoms with Crippen molar-refractivity contribution in [2.75, 3.05) is 0 Å². The van der Waals surface area contributed by atoms with Crippen molar-refractivity contribution in [3.05, 3.63) is 37.4 Å². The fraction of sp³-hybridized carbons (Fsp3) is 0.333. The van der Waals surface area contributed by atoms with Gasteiger partial charge < -0.3 is 9.13 Å². The molecule has 0 N–H and O–H groups in total. The summed E-state index contributed by atoms with van der Waals surface area (Å²) in [6.45, 7) is 4.22. The third-order valence-electron chi connectivity index (χ3n) is 2.27. The Hall–Kier alpha value is -1.58. The van der Waals surface area contributed by atoms with Crippen molar-refractivity contribution in [1.82, 2.24) is 19.1 Å². The van der Waals surface area contributed by atoms with Crippen LogP contribution in [-0.2, 0) is 5.66 Å². The minimum Gasteiger partial charge on any atom is -0.314 e. The van der Waals surface area contributed by atoms with Gasteiger partial charge in [0.2, 0.25) is 0 Å². The van der Waals surface area contributed by atoms with E-state index in [4.69, 9.17) is 0 Å². The summed E-state index contributed by atoms with van der Waals surface area (Å²) in [6.07, 6.45) is 11.1. The van der Waals surface area contributed by atoms with Crippen molar-refractivity contribution in [3.63, 3.8) is 0 Å². The van der Waals surface area contributed by atoms with Gasteiger partial charge in [0, 0.05) is 24.8 Å². The van der Waals surface area contributed by atoms with Crippen molar-refractivity contribution < 1.29 is 0 Å². The average Bonchev–Trinajstić information content (AvgIpc) is 2.78. The second-order valence-corrected chi connectivity index (χ2v) is 3.43. The van der Waals surface area contributed by atoms with Crippen molar-refractivity contribution in [2.24, 2.45) is 0 Å². The average molecular weight is 176 g/mol. The van der Waals surface area contributed by atoms with Gasteiger partial charge in [0.1, 0.15) is 5.66 Å². The summed E-state index contributed by atoms with van der Waals surface area (Å²) >= 11 is 0. The molecule has 0 atom stereocenters. The fourth-order valence-corrected chi connectivity index (χ4v) is 1.30. The Morgan fingerprint density at radius 1 is 0.923 bits per heavy atom. The number of nitrogens with zero attached hydrogens (tertiary/aromatic N) is 4. The number of rotatable bonds is 2. The standard InChI is InChI=1S/C9H12N4/c1-9(2,12-5-3-10-7-12)13-6-4-11-8-13/h3-8H,1-2H3. The summed E-state index contributed by atoms with van der Waals surface area (Å²) in [5.41, 5.74) is -0.146. The van der Waals surface area contributed by atoms with Gasteiger partial charge in [-0.05, 0) is 13.8 Å². The van der Waals surface area contributed by atoms with Crippen molar-refractivity contribution >= 4 is 0 Å². The molecule has 4 heteroatoms. The lowest BCUT2D eigenvalue weighted by atomic mass is 10.2. The van der Waals surface area contributed by atoms with Crippen LogP contribution >= 0.6 is 0 Å². The summed E-state index contributed by atoms with van der Waals surface area (Å²) < 4.78 is 4.07.